The molecule has 1 heterocycles. The van der Waals surface area contributed by atoms with E-state index in [-0.39, 0.29) is 5.41 Å². The second kappa shape index (κ2) is 15.1. The first-order valence-electron chi connectivity index (χ1n) is 13.3. The van der Waals surface area contributed by atoms with Gasteiger partial charge in [0.2, 0.25) is 0 Å². The zero-order chi connectivity index (χ0) is 23.2. The molecule has 0 saturated carbocycles. The SMILES string of the molecule is CCCCCCC(C)(CCCCCC)C(=O)[B]Cc1ccbcc1CC(C)(CC)CC. The molecule has 0 spiro atoms. The molecule has 1 aromatic heterocycles. The van der Waals surface area contributed by atoms with Crippen LogP contribution in [0, 0.1) is 10.8 Å². The van der Waals surface area contributed by atoms with Crippen molar-refractivity contribution in [3.63, 3.8) is 0 Å². The van der Waals surface area contributed by atoms with E-state index in [1.165, 1.54) is 75.3 Å². The Morgan fingerprint density at radius 1 is 0.871 bits per heavy atom. The average molecular weight is 423 g/mol. The van der Waals surface area contributed by atoms with Crippen LogP contribution in [0.3, 0.4) is 0 Å². The van der Waals surface area contributed by atoms with Crippen molar-refractivity contribution in [2.45, 2.75) is 131 Å². The Morgan fingerprint density at radius 2 is 1.45 bits per heavy atom. The van der Waals surface area contributed by atoms with Crippen LogP contribution in [0.1, 0.15) is 130 Å². The van der Waals surface area contributed by atoms with Gasteiger partial charge < -0.3 is 0 Å². The fraction of sp³-hybridized carbons (Fsp3) is 0.786. The number of carbonyl (C=O) groups is 1. The summed E-state index contributed by atoms with van der Waals surface area (Å²) >= 11 is 0. The van der Waals surface area contributed by atoms with Crippen LogP contribution in [0.25, 0.3) is 0 Å². The molecule has 0 aliphatic heterocycles. The standard InChI is InChI=1S/C28H49B2O/c1-7-11-13-15-18-28(6,19-16-14-12-8-2)26(31)30-23-24-17-20-29-22-25(24)21-27(5,9-3)10-4/h17,20,22H,7-16,18-19,21,23H2,1-6H3. The summed E-state index contributed by atoms with van der Waals surface area (Å²) in [4.78, 5) is 13.4. The molecule has 0 aliphatic carbocycles. The van der Waals surface area contributed by atoms with Crippen LogP contribution in [0.4, 0.5) is 0 Å². The van der Waals surface area contributed by atoms with Crippen molar-refractivity contribution in [2.75, 3.05) is 0 Å². The van der Waals surface area contributed by atoms with Gasteiger partial charge in [0.25, 0.3) is 0 Å². The third-order valence-corrected chi connectivity index (χ3v) is 7.71. The van der Waals surface area contributed by atoms with Gasteiger partial charge >= 0.3 is 182 Å². The zero-order valence-electron chi connectivity index (χ0n) is 21.7. The predicted molar refractivity (Wildman–Crippen MR) is 140 cm³/mol. The molecule has 1 rings (SSSR count). The van der Waals surface area contributed by atoms with E-state index in [4.69, 9.17) is 0 Å². The Morgan fingerprint density at radius 3 is 1.97 bits per heavy atom. The number of hydrogen-bond acceptors (Lipinski definition) is 1. The molecule has 0 atom stereocenters. The van der Waals surface area contributed by atoms with Gasteiger partial charge in [-0.3, -0.25) is 0 Å². The molecule has 173 valence electrons. The van der Waals surface area contributed by atoms with Crippen LogP contribution < -0.4 is 0 Å². The fourth-order valence-corrected chi connectivity index (χ4v) is 4.59. The summed E-state index contributed by atoms with van der Waals surface area (Å²) in [5.74, 6) is 4.40. The van der Waals surface area contributed by atoms with E-state index in [0.29, 0.717) is 11.1 Å². The average Bonchev–Trinajstić information content (AvgIpc) is 2.78. The van der Waals surface area contributed by atoms with Gasteiger partial charge in [-0.15, -0.1) is 0 Å². The minimum atomic E-state index is -0.183. The molecule has 1 nitrogen and oxygen atoms in total. The Kier molecular flexibility index (Phi) is 13.7. The van der Waals surface area contributed by atoms with E-state index in [1.54, 1.807) is 0 Å². The molecule has 0 bridgehead atoms. The van der Waals surface area contributed by atoms with Gasteiger partial charge in [0, 0.05) is 0 Å². The molecule has 1 aromatic rings. The first-order valence-corrected chi connectivity index (χ1v) is 13.3. The summed E-state index contributed by atoms with van der Waals surface area (Å²) < 4.78 is 0. The van der Waals surface area contributed by atoms with Gasteiger partial charge in [0.15, 0.2) is 0 Å². The molecular weight excluding hydrogens is 374 g/mol. The van der Waals surface area contributed by atoms with Crippen LogP contribution in [0.15, 0.2) is 18.0 Å². The Bertz CT molecular complexity index is 609. The van der Waals surface area contributed by atoms with Crippen molar-refractivity contribution in [3.8, 4) is 0 Å². The summed E-state index contributed by atoms with van der Waals surface area (Å²) in [6, 6.07) is 2.23. The maximum atomic E-state index is 13.4. The second-order valence-corrected chi connectivity index (χ2v) is 10.4. The van der Waals surface area contributed by atoms with Crippen molar-refractivity contribution < 1.29 is 4.79 Å². The number of carbonyl (C=O) groups excluding carboxylic acids is 1. The van der Waals surface area contributed by atoms with Crippen molar-refractivity contribution >= 4 is 19.9 Å². The van der Waals surface area contributed by atoms with Gasteiger partial charge in [-0.2, -0.15) is 0 Å². The molecule has 31 heavy (non-hydrogen) atoms. The van der Waals surface area contributed by atoms with Crippen molar-refractivity contribution in [1.29, 1.82) is 0 Å². The fourth-order valence-electron chi connectivity index (χ4n) is 4.59. The number of unbranched alkanes of at least 4 members (excludes halogenated alkanes) is 6. The second-order valence-electron chi connectivity index (χ2n) is 10.4. The molecule has 0 aromatic carbocycles. The maximum absolute atomic E-state index is 13.4. The van der Waals surface area contributed by atoms with Crippen molar-refractivity contribution in [2.24, 2.45) is 10.8 Å². The quantitative estimate of drug-likeness (QED) is 0.172. The zero-order valence-corrected chi connectivity index (χ0v) is 21.7. The molecule has 0 fully saturated rings. The molecule has 0 saturated heterocycles. The monoisotopic (exact) mass is 423 g/mol. The third kappa shape index (κ3) is 10.1. The predicted octanol–water partition coefficient (Wildman–Crippen LogP) is 8.07. The Labute approximate surface area is 196 Å². The van der Waals surface area contributed by atoms with E-state index in [0.717, 1.165) is 25.6 Å². The van der Waals surface area contributed by atoms with Crippen molar-refractivity contribution in [3.05, 3.63) is 29.1 Å². The summed E-state index contributed by atoms with van der Waals surface area (Å²) in [5, 5.41) is 0. The number of rotatable bonds is 18. The van der Waals surface area contributed by atoms with Crippen LogP contribution in [0.5, 0.6) is 0 Å². The summed E-state index contributed by atoms with van der Waals surface area (Å²) in [6.07, 6.45) is 16.3. The minimum absolute atomic E-state index is 0.183. The molecule has 0 aliphatic rings. The van der Waals surface area contributed by atoms with E-state index in [1.807, 2.05) is 7.28 Å². The van der Waals surface area contributed by atoms with E-state index in [2.05, 4.69) is 66.4 Å². The van der Waals surface area contributed by atoms with Gasteiger partial charge in [0.05, 0.1) is 0 Å². The summed E-state index contributed by atoms with van der Waals surface area (Å²) in [6.45, 7) is 15.9. The molecular formula is C28H49B2O. The van der Waals surface area contributed by atoms with Crippen LogP contribution >= 0.6 is 0 Å². The first-order chi connectivity index (χ1) is 14.8. The Hall–Kier alpha value is -0.850. The molecule has 1 radical (unpaired) electrons. The normalized spacial score (nSPS) is 12.1. The van der Waals surface area contributed by atoms with Crippen LogP contribution in [0.2, 0.25) is 0 Å². The molecule has 0 amide bonds. The summed E-state index contributed by atoms with van der Waals surface area (Å²) in [5.41, 5.74) is 3.29. The Balaban J connectivity index is 2.81. The molecule has 0 unspecified atom stereocenters. The van der Waals surface area contributed by atoms with Crippen molar-refractivity contribution in [1.82, 2.24) is 0 Å². The third-order valence-electron chi connectivity index (χ3n) is 7.71. The van der Waals surface area contributed by atoms with Crippen LogP contribution in [-0.2, 0) is 17.5 Å². The van der Waals surface area contributed by atoms with E-state index < -0.39 is 0 Å². The summed E-state index contributed by atoms with van der Waals surface area (Å²) in [7, 11) is 2.02. The van der Waals surface area contributed by atoms with Gasteiger partial charge in [-0.1, -0.05) is 13.8 Å². The van der Waals surface area contributed by atoms with Gasteiger partial charge in [0.1, 0.15) is 0 Å². The van der Waals surface area contributed by atoms with Crippen LogP contribution in [-0.4, -0.2) is 19.9 Å². The number of hydrogen-bond donors (Lipinski definition) is 0. The topological polar surface area (TPSA) is 17.1 Å². The first kappa shape index (κ1) is 28.2. The molecule has 3 heteroatoms. The van der Waals surface area contributed by atoms with Gasteiger partial charge in [-0.05, 0) is 0 Å². The van der Waals surface area contributed by atoms with E-state index >= 15 is 0 Å². The van der Waals surface area contributed by atoms with Gasteiger partial charge in [-0.25, -0.2) is 0 Å². The molecule has 0 N–H and O–H groups in total. The van der Waals surface area contributed by atoms with E-state index in [9.17, 15) is 4.79 Å².